The van der Waals surface area contributed by atoms with Crippen molar-refractivity contribution in [2.75, 3.05) is 0 Å². The van der Waals surface area contributed by atoms with Crippen LogP contribution in [-0.2, 0) is 12.8 Å². The van der Waals surface area contributed by atoms with Crippen LogP contribution in [0.2, 0.25) is 0 Å². The fourth-order valence-electron chi connectivity index (χ4n) is 8.84. The largest absolute Gasteiger partial charge is 0.254 e. The van der Waals surface area contributed by atoms with Crippen molar-refractivity contribution in [2.45, 2.75) is 118 Å². The van der Waals surface area contributed by atoms with Crippen LogP contribution in [-0.4, -0.2) is 19.9 Å². The smallest absolute Gasteiger partial charge is 0.179 e. The molecule has 5 aromatic carbocycles. The average Bonchev–Trinajstić information content (AvgIpc) is 3.25. The fraction of sp³-hybridized carbons (Fsp3) is 0.333. The topological polar surface area (TPSA) is 51.6 Å². The van der Waals surface area contributed by atoms with Crippen molar-refractivity contribution in [3.63, 3.8) is 0 Å². The van der Waals surface area contributed by atoms with Gasteiger partial charge in [-0.2, -0.15) is 0 Å². The van der Waals surface area contributed by atoms with Gasteiger partial charge in [0.25, 0.3) is 0 Å². The summed E-state index contributed by atoms with van der Waals surface area (Å²) in [5.74, 6) is 0.638. The lowest BCUT2D eigenvalue weighted by Gasteiger charge is -2.17. The SMILES string of the molecule is CCCCCCCCc1cc(-c2cc(-c3cccc4cc5c(C)cccc5cc34)nc(-c3ccc4ccc5cccnc5c4n3)n2)c(CCCCCCCC)cc1C. The summed E-state index contributed by atoms with van der Waals surface area (Å²) in [6.07, 6.45) is 19.4. The Bertz CT molecular complexity index is 2690. The second-order valence-electron chi connectivity index (χ2n) is 16.5. The van der Waals surface area contributed by atoms with Gasteiger partial charge in [-0.1, -0.05) is 145 Å². The fourth-order valence-corrected chi connectivity index (χ4v) is 8.84. The first-order valence-electron chi connectivity index (χ1n) is 22.1. The maximum atomic E-state index is 5.46. The molecule has 0 saturated heterocycles. The highest BCUT2D eigenvalue weighted by atomic mass is 14.9. The molecule has 58 heavy (non-hydrogen) atoms. The van der Waals surface area contributed by atoms with Gasteiger partial charge in [-0.3, -0.25) is 4.98 Å². The number of aryl methyl sites for hydroxylation is 4. The molecule has 0 fully saturated rings. The normalized spacial score (nSPS) is 11.7. The van der Waals surface area contributed by atoms with Gasteiger partial charge in [0, 0.05) is 28.1 Å². The summed E-state index contributed by atoms with van der Waals surface area (Å²) in [5.41, 5.74) is 12.3. The van der Waals surface area contributed by atoms with Crippen molar-refractivity contribution in [2.24, 2.45) is 0 Å². The minimum atomic E-state index is 0.638. The number of pyridine rings is 2. The quantitative estimate of drug-likeness (QED) is 0.0527. The third-order valence-electron chi connectivity index (χ3n) is 12.2. The van der Waals surface area contributed by atoms with Crippen molar-refractivity contribution >= 4 is 43.4 Å². The van der Waals surface area contributed by atoms with Crippen LogP contribution in [0.5, 0.6) is 0 Å². The number of benzene rings is 5. The van der Waals surface area contributed by atoms with Gasteiger partial charge in [0.2, 0.25) is 0 Å². The van der Waals surface area contributed by atoms with E-state index in [4.69, 9.17) is 19.9 Å². The first-order valence-corrected chi connectivity index (χ1v) is 22.1. The molecule has 4 nitrogen and oxygen atoms in total. The van der Waals surface area contributed by atoms with E-state index in [1.807, 2.05) is 12.3 Å². The molecule has 0 radical (unpaired) electrons. The number of hydrogen-bond acceptors (Lipinski definition) is 4. The highest BCUT2D eigenvalue weighted by Crippen LogP contribution is 2.37. The predicted octanol–water partition coefficient (Wildman–Crippen LogP) is 15.3. The van der Waals surface area contributed by atoms with E-state index in [0.717, 1.165) is 57.3 Å². The molecule has 8 rings (SSSR count). The van der Waals surface area contributed by atoms with Gasteiger partial charge in [0.15, 0.2) is 5.82 Å². The third-order valence-corrected chi connectivity index (χ3v) is 12.2. The number of nitrogens with zero attached hydrogens (tertiary/aromatic N) is 4. The lowest BCUT2D eigenvalue weighted by atomic mass is 9.90. The summed E-state index contributed by atoms with van der Waals surface area (Å²) in [6, 6.07) is 37.6. The highest BCUT2D eigenvalue weighted by molar-refractivity contribution is 6.06. The van der Waals surface area contributed by atoms with Crippen molar-refractivity contribution in [1.29, 1.82) is 0 Å². The summed E-state index contributed by atoms with van der Waals surface area (Å²) < 4.78 is 0. The molecule has 0 N–H and O–H groups in total. The molecule has 3 aromatic heterocycles. The summed E-state index contributed by atoms with van der Waals surface area (Å²) in [5, 5.41) is 7.06. The van der Waals surface area contributed by atoms with Gasteiger partial charge in [-0.15, -0.1) is 0 Å². The molecular formula is C54H58N4. The van der Waals surface area contributed by atoms with Gasteiger partial charge in [0.05, 0.1) is 22.4 Å². The Balaban J connectivity index is 1.29. The lowest BCUT2D eigenvalue weighted by molar-refractivity contribution is 0.605. The first-order chi connectivity index (χ1) is 28.5. The number of hydrogen-bond donors (Lipinski definition) is 0. The predicted molar refractivity (Wildman–Crippen MR) is 248 cm³/mol. The second kappa shape index (κ2) is 18.4. The molecule has 0 atom stereocenters. The van der Waals surface area contributed by atoms with Crippen molar-refractivity contribution in [3.8, 4) is 34.0 Å². The van der Waals surface area contributed by atoms with Gasteiger partial charge in [0.1, 0.15) is 5.69 Å². The zero-order chi connectivity index (χ0) is 39.8. The molecule has 0 aliphatic rings. The lowest BCUT2D eigenvalue weighted by Crippen LogP contribution is -2.02. The molecule has 0 aliphatic heterocycles. The summed E-state index contributed by atoms with van der Waals surface area (Å²) in [4.78, 5) is 20.9. The van der Waals surface area contributed by atoms with Gasteiger partial charge in [-0.05, 0) is 120 Å². The Morgan fingerprint density at radius 1 is 0.414 bits per heavy atom. The van der Waals surface area contributed by atoms with Crippen LogP contribution in [0.15, 0.2) is 109 Å². The Kier molecular flexibility index (Phi) is 12.5. The zero-order valence-electron chi connectivity index (χ0n) is 35.1. The van der Waals surface area contributed by atoms with E-state index in [2.05, 4.69) is 125 Å². The molecule has 0 unspecified atom stereocenters. The molecular weight excluding hydrogens is 705 g/mol. The number of fused-ring (bicyclic) bond motifs is 5. The molecule has 0 spiro atoms. The van der Waals surface area contributed by atoms with E-state index in [0.29, 0.717) is 5.82 Å². The van der Waals surface area contributed by atoms with Gasteiger partial charge >= 0.3 is 0 Å². The van der Waals surface area contributed by atoms with E-state index >= 15 is 0 Å². The van der Waals surface area contributed by atoms with E-state index in [1.165, 1.54) is 126 Å². The third kappa shape index (κ3) is 8.67. The first kappa shape index (κ1) is 39.4. The number of rotatable bonds is 17. The highest BCUT2D eigenvalue weighted by Gasteiger charge is 2.18. The zero-order valence-corrected chi connectivity index (χ0v) is 35.1. The van der Waals surface area contributed by atoms with Crippen LogP contribution in [0, 0.1) is 13.8 Å². The van der Waals surface area contributed by atoms with Crippen LogP contribution in [0.4, 0.5) is 0 Å². The van der Waals surface area contributed by atoms with Gasteiger partial charge < -0.3 is 0 Å². The Labute approximate surface area is 345 Å². The van der Waals surface area contributed by atoms with E-state index in [1.54, 1.807) is 0 Å². The summed E-state index contributed by atoms with van der Waals surface area (Å²) >= 11 is 0. The molecule has 0 bridgehead atoms. The van der Waals surface area contributed by atoms with E-state index in [-0.39, 0.29) is 0 Å². The van der Waals surface area contributed by atoms with Crippen molar-refractivity contribution < 1.29 is 0 Å². The maximum absolute atomic E-state index is 5.46. The minimum absolute atomic E-state index is 0.638. The number of aromatic nitrogens is 4. The summed E-state index contributed by atoms with van der Waals surface area (Å²) in [6.45, 7) is 9.10. The van der Waals surface area contributed by atoms with Crippen LogP contribution < -0.4 is 0 Å². The minimum Gasteiger partial charge on any atom is -0.254 e. The molecule has 0 aliphatic carbocycles. The van der Waals surface area contributed by atoms with Crippen LogP contribution in [0.3, 0.4) is 0 Å². The van der Waals surface area contributed by atoms with Crippen LogP contribution >= 0.6 is 0 Å². The molecule has 8 aromatic rings. The van der Waals surface area contributed by atoms with Gasteiger partial charge in [-0.25, -0.2) is 15.0 Å². The molecule has 0 saturated carbocycles. The Hall–Kier alpha value is -5.48. The standard InChI is InChI=1S/C54H58N4/c1-5-7-9-11-13-15-21-41-33-48(42(32-38(41)4)22-16-14-12-10-8-6-2)51-36-50(45-26-18-24-44-34-46-37(3)20-17-23-43(46)35-47(44)45)57-54(58-51)49-30-29-40-28-27-39-25-19-31-55-52(39)53(40)56-49/h17-20,23-36H,5-16,21-22H2,1-4H3. The molecule has 294 valence electrons. The molecule has 4 heteroatoms. The Morgan fingerprint density at radius 3 is 1.78 bits per heavy atom. The molecule has 0 amide bonds. The summed E-state index contributed by atoms with van der Waals surface area (Å²) in [7, 11) is 0. The van der Waals surface area contributed by atoms with E-state index in [9.17, 15) is 0 Å². The van der Waals surface area contributed by atoms with Crippen LogP contribution in [0.25, 0.3) is 77.4 Å². The monoisotopic (exact) mass is 762 g/mol. The second-order valence-corrected chi connectivity index (χ2v) is 16.5. The van der Waals surface area contributed by atoms with Crippen LogP contribution in [0.1, 0.15) is 113 Å². The molecule has 3 heterocycles. The average molecular weight is 763 g/mol. The van der Waals surface area contributed by atoms with E-state index < -0.39 is 0 Å². The maximum Gasteiger partial charge on any atom is 0.179 e. The van der Waals surface area contributed by atoms with Crippen molar-refractivity contribution in [1.82, 2.24) is 19.9 Å². The Morgan fingerprint density at radius 2 is 1.02 bits per heavy atom. The number of unbranched alkanes of at least 4 members (excludes halogenated alkanes) is 10. The van der Waals surface area contributed by atoms with Crippen molar-refractivity contribution in [3.05, 3.63) is 132 Å².